The van der Waals surface area contributed by atoms with Gasteiger partial charge in [0.15, 0.2) is 11.0 Å². The van der Waals surface area contributed by atoms with Crippen LogP contribution in [0.1, 0.15) is 55.1 Å². The van der Waals surface area contributed by atoms with Crippen LogP contribution in [0.15, 0.2) is 58.2 Å². The van der Waals surface area contributed by atoms with Crippen molar-refractivity contribution in [1.29, 1.82) is 0 Å². The summed E-state index contributed by atoms with van der Waals surface area (Å²) >= 11 is 0. The molecule has 1 fully saturated rings. The summed E-state index contributed by atoms with van der Waals surface area (Å²) in [6, 6.07) is 13.9. The van der Waals surface area contributed by atoms with Gasteiger partial charge in [0.1, 0.15) is 0 Å². The molecule has 0 spiro atoms. The molecule has 2 amide bonds. The van der Waals surface area contributed by atoms with E-state index in [0.29, 0.717) is 55.2 Å². The van der Waals surface area contributed by atoms with Crippen LogP contribution in [0.4, 0.5) is 5.95 Å². The fourth-order valence-electron chi connectivity index (χ4n) is 4.86. The molecule has 4 rings (SSSR count). The van der Waals surface area contributed by atoms with E-state index < -0.39 is 11.0 Å². The van der Waals surface area contributed by atoms with Crippen molar-refractivity contribution in [2.75, 3.05) is 30.9 Å². The normalized spacial score (nSPS) is 14.9. The first-order valence-electron chi connectivity index (χ1n) is 13.4. The summed E-state index contributed by atoms with van der Waals surface area (Å²) in [5.74, 6) is 0.0128. The number of rotatable bonds is 6. The standard InChI is InChI=1S/C30H37N5O4S/c1-20-9-6-10-21(2)27(20)24-18-25(36)32-29(31-24)33-40(39)23-12-7-11-22(17-23)28(38)35-14-8-13-34(15-16-35)26(37)19-30(3,4)5/h6-7,9-12,17-18H,8,13-16,19H2,1-5H3,(H2,31,32,33,36). The first kappa shape index (κ1) is 29.2. The lowest BCUT2D eigenvalue weighted by Crippen LogP contribution is -2.38. The van der Waals surface area contributed by atoms with Gasteiger partial charge in [-0.1, -0.05) is 45.0 Å². The molecule has 1 atom stereocenters. The average molecular weight is 564 g/mol. The van der Waals surface area contributed by atoms with Gasteiger partial charge in [-0.15, -0.1) is 0 Å². The van der Waals surface area contributed by atoms with Gasteiger partial charge in [0.2, 0.25) is 11.9 Å². The van der Waals surface area contributed by atoms with Crippen LogP contribution in [0, 0.1) is 19.3 Å². The highest BCUT2D eigenvalue weighted by Gasteiger charge is 2.26. The highest BCUT2D eigenvalue weighted by molar-refractivity contribution is 7.86. The van der Waals surface area contributed by atoms with Crippen molar-refractivity contribution in [1.82, 2.24) is 19.8 Å². The molecule has 1 aliphatic heterocycles. The Bertz CT molecular complexity index is 1470. The Morgan fingerprint density at radius 1 is 0.975 bits per heavy atom. The number of aryl methyl sites for hydroxylation is 2. The zero-order valence-electron chi connectivity index (χ0n) is 23.7. The molecular weight excluding hydrogens is 526 g/mol. The fraction of sp³-hybridized carbons (Fsp3) is 0.400. The zero-order valence-corrected chi connectivity index (χ0v) is 24.6. The van der Waals surface area contributed by atoms with E-state index in [0.717, 1.165) is 16.7 Å². The molecule has 2 heterocycles. The Balaban J connectivity index is 1.47. The van der Waals surface area contributed by atoms with Crippen LogP contribution in [0.25, 0.3) is 11.3 Å². The molecule has 1 unspecified atom stereocenters. The van der Waals surface area contributed by atoms with Gasteiger partial charge in [-0.2, -0.15) is 0 Å². The summed E-state index contributed by atoms with van der Waals surface area (Å²) < 4.78 is 16.0. The van der Waals surface area contributed by atoms with Crippen LogP contribution >= 0.6 is 0 Å². The number of nitrogens with zero attached hydrogens (tertiary/aromatic N) is 3. The molecule has 1 saturated heterocycles. The molecular formula is C30H37N5O4S. The van der Waals surface area contributed by atoms with Gasteiger partial charge in [0, 0.05) is 49.8 Å². The number of amides is 2. The lowest BCUT2D eigenvalue weighted by atomic mass is 9.91. The second kappa shape index (κ2) is 12.2. The van der Waals surface area contributed by atoms with E-state index in [4.69, 9.17) is 0 Å². The highest BCUT2D eigenvalue weighted by Crippen LogP contribution is 2.25. The van der Waals surface area contributed by atoms with E-state index in [1.807, 2.05) is 57.7 Å². The van der Waals surface area contributed by atoms with Gasteiger partial charge in [-0.3, -0.25) is 24.1 Å². The third-order valence-electron chi connectivity index (χ3n) is 6.78. The quantitative estimate of drug-likeness (QED) is 0.464. The molecule has 0 radical (unpaired) electrons. The molecule has 0 aliphatic carbocycles. The fourth-order valence-corrected chi connectivity index (χ4v) is 5.69. The molecule has 0 bridgehead atoms. The Kier molecular flexibility index (Phi) is 8.88. The monoisotopic (exact) mass is 563 g/mol. The predicted molar refractivity (Wildman–Crippen MR) is 157 cm³/mol. The van der Waals surface area contributed by atoms with Gasteiger partial charge in [0.25, 0.3) is 11.5 Å². The smallest absolute Gasteiger partial charge is 0.253 e. The molecule has 2 aromatic carbocycles. The third kappa shape index (κ3) is 7.24. The zero-order chi connectivity index (χ0) is 29.0. The summed E-state index contributed by atoms with van der Waals surface area (Å²) in [7, 11) is -1.78. The van der Waals surface area contributed by atoms with Crippen molar-refractivity contribution in [3.8, 4) is 11.3 Å². The first-order valence-corrected chi connectivity index (χ1v) is 14.6. The number of benzene rings is 2. The number of H-pyrrole nitrogens is 1. The summed E-state index contributed by atoms with van der Waals surface area (Å²) in [5.41, 5.74) is 3.25. The van der Waals surface area contributed by atoms with Gasteiger partial charge in [0.05, 0.1) is 10.6 Å². The molecule has 0 saturated carbocycles. The van der Waals surface area contributed by atoms with Gasteiger partial charge >= 0.3 is 0 Å². The molecule has 3 aromatic rings. The van der Waals surface area contributed by atoms with Gasteiger partial charge in [-0.05, 0) is 55.0 Å². The van der Waals surface area contributed by atoms with Crippen molar-refractivity contribution in [3.05, 3.63) is 75.6 Å². The number of hydrogen-bond donors (Lipinski definition) is 2. The number of aromatic amines is 1. The Morgan fingerprint density at radius 3 is 2.33 bits per heavy atom. The number of carbonyl (C=O) groups is 2. The minimum Gasteiger partial charge on any atom is -0.341 e. The second-order valence-corrected chi connectivity index (χ2v) is 12.6. The molecule has 9 nitrogen and oxygen atoms in total. The van der Waals surface area contributed by atoms with Crippen molar-refractivity contribution >= 4 is 28.7 Å². The van der Waals surface area contributed by atoms with Crippen LogP contribution in [0.3, 0.4) is 0 Å². The number of hydrogen-bond acceptors (Lipinski definition) is 5. The Hall–Kier alpha value is -3.79. The van der Waals surface area contributed by atoms with Crippen LogP contribution in [0.2, 0.25) is 0 Å². The second-order valence-electron chi connectivity index (χ2n) is 11.4. The summed E-state index contributed by atoms with van der Waals surface area (Å²) in [6.45, 7) is 12.1. The first-order chi connectivity index (χ1) is 18.9. The Labute approximate surface area is 237 Å². The van der Waals surface area contributed by atoms with Crippen molar-refractivity contribution in [3.63, 3.8) is 0 Å². The molecule has 2 N–H and O–H groups in total. The number of anilines is 1. The summed E-state index contributed by atoms with van der Waals surface area (Å²) in [4.78, 5) is 49.5. The molecule has 1 aromatic heterocycles. The molecule has 10 heteroatoms. The van der Waals surface area contributed by atoms with E-state index in [1.165, 1.54) is 6.07 Å². The lowest BCUT2D eigenvalue weighted by Gasteiger charge is -2.25. The largest absolute Gasteiger partial charge is 0.341 e. The summed E-state index contributed by atoms with van der Waals surface area (Å²) in [6.07, 6.45) is 1.17. The minimum atomic E-state index is -1.78. The van der Waals surface area contributed by atoms with Crippen molar-refractivity contribution < 1.29 is 13.8 Å². The highest BCUT2D eigenvalue weighted by atomic mass is 32.2. The van der Waals surface area contributed by atoms with E-state index in [1.54, 1.807) is 29.2 Å². The molecule has 40 heavy (non-hydrogen) atoms. The Morgan fingerprint density at radius 2 is 1.62 bits per heavy atom. The maximum atomic E-state index is 13.3. The minimum absolute atomic E-state index is 0.0766. The van der Waals surface area contributed by atoms with Crippen molar-refractivity contribution in [2.24, 2.45) is 5.41 Å². The number of nitrogens with one attached hydrogen (secondary N) is 2. The van der Waals surface area contributed by atoms with Crippen LogP contribution in [-0.2, 0) is 15.8 Å². The molecule has 1 aliphatic rings. The van der Waals surface area contributed by atoms with Crippen LogP contribution in [0.5, 0.6) is 0 Å². The van der Waals surface area contributed by atoms with E-state index in [-0.39, 0.29) is 28.7 Å². The lowest BCUT2D eigenvalue weighted by molar-refractivity contribution is -0.132. The van der Waals surface area contributed by atoms with E-state index in [9.17, 15) is 18.6 Å². The third-order valence-corrected chi connectivity index (χ3v) is 7.84. The number of aromatic nitrogens is 2. The molecule has 212 valence electrons. The summed E-state index contributed by atoms with van der Waals surface area (Å²) in [5, 5.41) is 0. The average Bonchev–Trinajstić information content (AvgIpc) is 3.13. The number of carbonyl (C=O) groups excluding carboxylic acids is 2. The maximum absolute atomic E-state index is 13.3. The van der Waals surface area contributed by atoms with Crippen LogP contribution < -0.4 is 10.3 Å². The maximum Gasteiger partial charge on any atom is 0.253 e. The predicted octanol–water partition coefficient (Wildman–Crippen LogP) is 4.30. The topological polar surface area (TPSA) is 115 Å². The van der Waals surface area contributed by atoms with Gasteiger partial charge < -0.3 is 9.80 Å². The van der Waals surface area contributed by atoms with E-state index in [2.05, 4.69) is 14.7 Å². The van der Waals surface area contributed by atoms with Gasteiger partial charge in [-0.25, -0.2) is 9.19 Å². The SMILES string of the molecule is Cc1cccc(C)c1-c1cc(=O)[nH]c(NS(=O)c2cccc(C(=O)N3CCCN(C(=O)CC(C)(C)C)CC3)c2)n1. The van der Waals surface area contributed by atoms with E-state index >= 15 is 0 Å². The van der Waals surface area contributed by atoms with Crippen LogP contribution in [-0.4, -0.2) is 62.0 Å². The van der Waals surface area contributed by atoms with Crippen molar-refractivity contribution in [2.45, 2.75) is 52.4 Å².